The third-order valence-electron chi connectivity index (χ3n) is 4.34. The number of benzene rings is 2. The molecule has 29 heavy (non-hydrogen) atoms. The van der Waals surface area contributed by atoms with Crippen LogP contribution in [-0.2, 0) is 9.53 Å². The van der Waals surface area contributed by atoms with E-state index in [0.717, 1.165) is 32.7 Å². The molecule has 0 saturated carbocycles. The van der Waals surface area contributed by atoms with Crippen molar-refractivity contribution >= 4 is 28.5 Å². The SMILES string of the molecule is CCOC(=O)CCCOc1ccc2cc(-c3cccnc3SC(C)C)ccc2c1. The molecule has 3 rings (SSSR count). The van der Waals surface area contributed by atoms with Crippen molar-refractivity contribution in [2.24, 2.45) is 0 Å². The van der Waals surface area contributed by atoms with Gasteiger partial charge in [0.1, 0.15) is 10.8 Å². The van der Waals surface area contributed by atoms with Crippen LogP contribution in [0.3, 0.4) is 0 Å². The van der Waals surface area contributed by atoms with E-state index < -0.39 is 0 Å². The summed E-state index contributed by atoms with van der Waals surface area (Å²) < 4.78 is 10.7. The maximum atomic E-state index is 11.4. The third kappa shape index (κ3) is 5.97. The number of hydrogen-bond acceptors (Lipinski definition) is 5. The number of thioether (sulfide) groups is 1. The Labute approximate surface area is 176 Å². The molecule has 0 N–H and O–H groups in total. The third-order valence-corrected chi connectivity index (χ3v) is 5.36. The van der Waals surface area contributed by atoms with Crippen molar-refractivity contribution in [1.82, 2.24) is 4.98 Å². The smallest absolute Gasteiger partial charge is 0.305 e. The van der Waals surface area contributed by atoms with Crippen molar-refractivity contribution in [3.05, 3.63) is 54.7 Å². The zero-order valence-electron chi connectivity index (χ0n) is 17.2. The maximum absolute atomic E-state index is 11.4. The van der Waals surface area contributed by atoms with E-state index in [-0.39, 0.29) is 5.97 Å². The highest BCUT2D eigenvalue weighted by Gasteiger charge is 2.10. The quantitative estimate of drug-likeness (QED) is 0.242. The minimum absolute atomic E-state index is 0.174. The molecule has 0 radical (unpaired) electrons. The predicted molar refractivity (Wildman–Crippen MR) is 120 cm³/mol. The van der Waals surface area contributed by atoms with Crippen LogP contribution in [0.1, 0.15) is 33.6 Å². The van der Waals surface area contributed by atoms with Crippen molar-refractivity contribution < 1.29 is 14.3 Å². The number of fused-ring (bicyclic) bond motifs is 1. The molecule has 2 aromatic carbocycles. The van der Waals surface area contributed by atoms with Gasteiger partial charge in [0.25, 0.3) is 0 Å². The maximum Gasteiger partial charge on any atom is 0.305 e. The van der Waals surface area contributed by atoms with Crippen molar-refractivity contribution in [3.63, 3.8) is 0 Å². The van der Waals surface area contributed by atoms with Crippen LogP contribution in [0, 0.1) is 0 Å². The standard InChI is InChI=1S/C24H27NO3S/c1-4-27-23(26)8-6-14-28-21-12-11-18-15-20(10-9-19(18)16-21)22-7-5-13-25-24(22)29-17(2)3/h5,7,9-13,15-17H,4,6,8,14H2,1-3H3. The van der Waals surface area contributed by atoms with Gasteiger partial charge in [-0.2, -0.15) is 0 Å². The fourth-order valence-electron chi connectivity index (χ4n) is 3.05. The molecular formula is C24H27NO3S. The topological polar surface area (TPSA) is 48.4 Å². The summed E-state index contributed by atoms with van der Waals surface area (Å²) >= 11 is 1.78. The Morgan fingerprint density at radius 2 is 1.90 bits per heavy atom. The molecule has 1 heterocycles. The lowest BCUT2D eigenvalue weighted by molar-refractivity contribution is -0.143. The molecule has 0 aliphatic carbocycles. The largest absolute Gasteiger partial charge is 0.494 e. The lowest BCUT2D eigenvalue weighted by atomic mass is 10.0. The first-order valence-electron chi connectivity index (χ1n) is 10.0. The predicted octanol–water partition coefficient (Wildman–Crippen LogP) is 6.12. The molecule has 0 fully saturated rings. The molecule has 0 atom stereocenters. The summed E-state index contributed by atoms with van der Waals surface area (Å²) in [5.41, 5.74) is 2.32. The van der Waals surface area contributed by atoms with Gasteiger partial charge < -0.3 is 9.47 Å². The highest BCUT2D eigenvalue weighted by molar-refractivity contribution is 7.99. The number of carbonyl (C=O) groups excluding carboxylic acids is 1. The Bertz CT molecular complexity index is 971. The normalized spacial score (nSPS) is 11.0. The number of carbonyl (C=O) groups is 1. The van der Waals surface area contributed by atoms with E-state index in [2.05, 4.69) is 49.2 Å². The first-order valence-corrected chi connectivity index (χ1v) is 10.9. The minimum atomic E-state index is -0.174. The summed E-state index contributed by atoms with van der Waals surface area (Å²) in [4.78, 5) is 15.9. The van der Waals surface area contributed by atoms with Gasteiger partial charge in [0.15, 0.2) is 0 Å². The van der Waals surface area contributed by atoms with Crippen molar-refractivity contribution in [2.75, 3.05) is 13.2 Å². The van der Waals surface area contributed by atoms with Crippen LogP contribution >= 0.6 is 11.8 Å². The Kier molecular flexibility index (Phi) is 7.53. The summed E-state index contributed by atoms with van der Waals surface area (Å²) in [6.45, 7) is 7.08. The van der Waals surface area contributed by atoms with E-state index >= 15 is 0 Å². The number of ether oxygens (including phenoxy) is 2. The lowest BCUT2D eigenvalue weighted by Crippen LogP contribution is -2.06. The van der Waals surface area contributed by atoms with Gasteiger partial charge in [-0.3, -0.25) is 4.79 Å². The zero-order chi connectivity index (χ0) is 20.6. The Morgan fingerprint density at radius 3 is 2.69 bits per heavy atom. The Balaban J connectivity index is 1.71. The molecular weight excluding hydrogens is 382 g/mol. The first kappa shape index (κ1) is 21.2. The molecule has 0 spiro atoms. The first-order chi connectivity index (χ1) is 14.1. The van der Waals surface area contributed by atoms with Gasteiger partial charge in [-0.25, -0.2) is 4.98 Å². The van der Waals surface area contributed by atoms with Crippen LogP contribution in [0.5, 0.6) is 5.75 Å². The van der Waals surface area contributed by atoms with Crippen molar-refractivity contribution in [3.8, 4) is 16.9 Å². The number of rotatable bonds is 9. The fourth-order valence-corrected chi connectivity index (χ4v) is 3.93. The van der Waals surface area contributed by atoms with E-state index in [1.54, 1.807) is 11.8 Å². The van der Waals surface area contributed by atoms with Crippen LogP contribution in [0.2, 0.25) is 0 Å². The fraction of sp³-hybridized carbons (Fsp3) is 0.333. The average Bonchev–Trinajstić information content (AvgIpc) is 2.71. The summed E-state index contributed by atoms with van der Waals surface area (Å²) in [7, 11) is 0. The Morgan fingerprint density at radius 1 is 1.10 bits per heavy atom. The van der Waals surface area contributed by atoms with Crippen LogP contribution < -0.4 is 4.74 Å². The molecule has 0 saturated heterocycles. The molecule has 0 aliphatic rings. The van der Waals surface area contributed by atoms with E-state index in [0.29, 0.717) is 31.3 Å². The number of hydrogen-bond donors (Lipinski definition) is 0. The number of aromatic nitrogens is 1. The molecule has 0 aliphatic heterocycles. The van der Waals surface area contributed by atoms with Crippen LogP contribution in [0.25, 0.3) is 21.9 Å². The van der Waals surface area contributed by atoms with Crippen LogP contribution in [-0.4, -0.2) is 29.4 Å². The van der Waals surface area contributed by atoms with Gasteiger partial charge in [-0.15, -0.1) is 11.8 Å². The lowest BCUT2D eigenvalue weighted by Gasteiger charge is -2.12. The van der Waals surface area contributed by atoms with Gasteiger partial charge in [0, 0.05) is 23.4 Å². The summed E-state index contributed by atoms with van der Waals surface area (Å²) in [6.07, 6.45) is 2.88. The Hall–Kier alpha value is -2.53. The molecule has 152 valence electrons. The second-order valence-corrected chi connectivity index (χ2v) is 8.57. The second kappa shape index (κ2) is 10.3. The number of pyridine rings is 1. The highest BCUT2D eigenvalue weighted by atomic mass is 32.2. The van der Waals surface area contributed by atoms with Crippen LogP contribution in [0.4, 0.5) is 0 Å². The zero-order valence-corrected chi connectivity index (χ0v) is 18.0. The average molecular weight is 410 g/mol. The molecule has 1 aromatic heterocycles. The summed E-state index contributed by atoms with van der Waals surface area (Å²) in [5.74, 6) is 0.638. The molecule has 3 aromatic rings. The van der Waals surface area contributed by atoms with Gasteiger partial charge in [0.2, 0.25) is 0 Å². The van der Waals surface area contributed by atoms with E-state index in [1.807, 2.05) is 31.3 Å². The van der Waals surface area contributed by atoms with E-state index in [1.165, 1.54) is 0 Å². The van der Waals surface area contributed by atoms with Gasteiger partial charge in [0.05, 0.1) is 13.2 Å². The van der Waals surface area contributed by atoms with Gasteiger partial charge >= 0.3 is 5.97 Å². The van der Waals surface area contributed by atoms with Crippen molar-refractivity contribution in [1.29, 1.82) is 0 Å². The highest BCUT2D eigenvalue weighted by Crippen LogP contribution is 2.34. The number of esters is 1. The van der Waals surface area contributed by atoms with E-state index in [4.69, 9.17) is 9.47 Å². The molecule has 0 amide bonds. The van der Waals surface area contributed by atoms with Crippen molar-refractivity contribution in [2.45, 2.75) is 43.9 Å². The molecule has 4 nitrogen and oxygen atoms in total. The van der Waals surface area contributed by atoms with E-state index in [9.17, 15) is 4.79 Å². The van der Waals surface area contributed by atoms with Gasteiger partial charge in [-0.1, -0.05) is 38.1 Å². The minimum Gasteiger partial charge on any atom is -0.494 e. The monoisotopic (exact) mass is 409 g/mol. The molecule has 0 bridgehead atoms. The second-order valence-electron chi connectivity index (χ2n) is 7.00. The summed E-state index contributed by atoms with van der Waals surface area (Å²) in [6, 6.07) is 16.6. The number of nitrogens with zero attached hydrogens (tertiary/aromatic N) is 1. The van der Waals surface area contributed by atoms with Gasteiger partial charge in [-0.05, 0) is 53.9 Å². The molecule has 5 heteroatoms. The molecule has 0 unspecified atom stereocenters. The van der Waals surface area contributed by atoms with Crippen LogP contribution in [0.15, 0.2) is 59.8 Å². The summed E-state index contributed by atoms with van der Waals surface area (Å²) in [5, 5.41) is 3.82.